The monoisotopic (exact) mass is 321 g/mol. The number of nitrogens with one attached hydrogen (secondary N) is 1. The van der Waals surface area contributed by atoms with Gasteiger partial charge < -0.3 is 19.9 Å². The fourth-order valence-electron chi connectivity index (χ4n) is 2.28. The Labute approximate surface area is 140 Å². The van der Waals surface area contributed by atoms with Crippen LogP contribution < -0.4 is 5.32 Å². The van der Waals surface area contributed by atoms with Gasteiger partial charge in [-0.15, -0.1) is 0 Å². The predicted molar refractivity (Wildman–Crippen MR) is 93.4 cm³/mol. The van der Waals surface area contributed by atoms with E-state index < -0.39 is 6.10 Å². The smallest absolute Gasteiger partial charge is 0.0945 e. The molecule has 2 aliphatic carbocycles. The van der Waals surface area contributed by atoms with Crippen molar-refractivity contribution < 1.29 is 14.6 Å². The minimum Gasteiger partial charge on any atom is -0.389 e. The summed E-state index contributed by atoms with van der Waals surface area (Å²) in [5.41, 5.74) is 1.25. The lowest BCUT2D eigenvalue weighted by atomic mass is 10.2. The van der Waals surface area contributed by atoms with Gasteiger partial charge in [0.15, 0.2) is 0 Å². The topological polar surface area (TPSA) is 50.7 Å². The van der Waals surface area contributed by atoms with E-state index in [0.29, 0.717) is 19.2 Å². The van der Waals surface area contributed by atoms with Crippen LogP contribution in [0.3, 0.4) is 0 Å². The van der Waals surface area contributed by atoms with Crippen molar-refractivity contribution in [1.82, 2.24) is 5.32 Å². The van der Waals surface area contributed by atoms with Gasteiger partial charge in [-0.3, -0.25) is 0 Å². The molecule has 0 aromatic heterocycles. The molecule has 0 bridgehead atoms. The van der Waals surface area contributed by atoms with Crippen LogP contribution in [0.5, 0.6) is 0 Å². The first kappa shape index (κ1) is 18.4. The number of allylic oxidation sites excluding steroid dienone is 3. The molecular formula is C19H31NO3. The molecule has 2 N–H and O–H groups in total. The van der Waals surface area contributed by atoms with E-state index in [0.717, 1.165) is 25.6 Å². The Kier molecular flexibility index (Phi) is 8.03. The number of aliphatic hydroxyl groups is 1. The molecule has 2 unspecified atom stereocenters. The van der Waals surface area contributed by atoms with Crippen LogP contribution in [0, 0.1) is 5.92 Å². The van der Waals surface area contributed by atoms with Crippen LogP contribution in [0.25, 0.3) is 0 Å². The van der Waals surface area contributed by atoms with Gasteiger partial charge in [-0.2, -0.15) is 0 Å². The number of ether oxygens (including phenoxy) is 2. The van der Waals surface area contributed by atoms with E-state index in [9.17, 15) is 5.11 Å². The molecule has 0 heterocycles. The third kappa shape index (κ3) is 8.47. The maximum Gasteiger partial charge on any atom is 0.0945 e. The Morgan fingerprint density at radius 2 is 2.13 bits per heavy atom. The molecule has 0 aromatic rings. The Morgan fingerprint density at radius 1 is 1.30 bits per heavy atom. The van der Waals surface area contributed by atoms with Crippen LogP contribution in [-0.4, -0.2) is 49.7 Å². The lowest BCUT2D eigenvalue weighted by Gasteiger charge is -2.16. The molecule has 2 atom stereocenters. The number of hydrogen-bond acceptors (Lipinski definition) is 4. The van der Waals surface area contributed by atoms with E-state index in [1.807, 2.05) is 18.2 Å². The van der Waals surface area contributed by atoms with E-state index >= 15 is 0 Å². The summed E-state index contributed by atoms with van der Waals surface area (Å²) in [4.78, 5) is 0. The molecule has 23 heavy (non-hydrogen) atoms. The average Bonchev–Trinajstić information content (AvgIpc) is 3.35. The van der Waals surface area contributed by atoms with Crippen molar-refractivity contribution in [2.45, 2.75) is 51.4 Å². The maximum absolute atomic E-state index is 9.88. The number of hydrogen-bond donors (Lipinski definition) is 2. The van der Waals surface area contributed by atoms with E-state index in [1.54, 1.807) is 0 Å². The van der Waals surface area contributed by atoms with E-state index in [4.69, 9.17) is 9.47 Å². The second-order valence-corrected chi connectivity index (χ2v) is 6.77. The predicted octanol–water partition coefficient (Wildman–Crippen LogP) is 2.60. The summed E-state index contributed by atoms with van der Waals surface area (Å²) in [6.45, 7) is 6.71. The zero-order valence-corrected chi connectivity index (χ0v) is 14.4. The van der Waals surface area contributed by atoms with Crippen molar-refractivity contribution in [3.63, 3.8) is 0 Å². The molecule has 1 saturated carbocycles. The zero-order chi connectivity index (χ0) is 16.5. The highest BCUT2D eigenvalue weighted by Gasteiger charge is 2.20. The molecular weight excluding hydrogens is 290 g/mol. The van der Waals surface area contributed by atoms with Crippen LogP contribution in [0.2, 0.25) is 0 Å². The van der Waals surface area contributed by atoms with E-state index in [-0.39, 0.29) is 6.10 Å². The summed E-state index contributed by atoms with van der Waals surface area (Å²) in [6.07, 6.45) is 13.3. The summed E-state index contributed by atoms with van der Waals surface area (Å²) >= 11 is 0. The van der Waals surface area contributed by atoms with E-state index in [2.05, 4.69) is 31.3 Å². The summed E-state index contributed by atoms with van der Waals surface area (Å²) in [5, 5.41) is 13.1. The molecule has 4 nitrogen and oxygen atoms in total. The summed E-state index contributed by atoms with van der Waals surface area (Å²) < 4.78 is 11.4. The third-order valence-corrected chi connectivity index (χ3v) is 3.94. The van der Waals surface area contributed by atoms with Crippen molar-refractivity contribution in [2.75, 3.05) is 26.4 Å². The van der Waals surface area contributed by atoms with Gasteiger partial charge in [0.2, 0.25) is 0 Å². The Morgan fingerprint density at radius 3 is 2.87 bits per heavy atom. The maximum atomic E-state index is 9.88. The number of rotatable bonds is 11. The quantitative estimate of drug-likeness (QED) is 0.574. The molecule has 2 rings (SSSR count). The van der Waals surface area contributed by atoms with Crippen LogP contribution in [-0.2, 0) is 9.47 Å². The molecule has 0 radical (unpaired) electrons. The largest absolute Gasteiger partial charge is 0.389 e. The summed E-state index contributed by atoms with van der Waals surface area (Å²) in [6, 6.07) is 0.371. The zero-order valence-electron chi connectivity index (χ0n) is 14.4. The second kappa shape index (κ2) is 10.0. The van der Waals surface area contributed by atoms with Crippen LogP contribution >= 0.6 is 0 Å². The first-order valence-electron chi connectivity index (χ1n) is 8.80. The van der Waals surface area contributed by atoms with Gasteiger partial charge in [0.1, 0.15) is 0 Å². The van der Waals surface area contributed by atoms with Crippen LogP contribution in [0.1, 0.15) is 33.1 Å². The molecule has 0 aliphatic heterocycles. The third-order valence-electron chi connectivity index (χ3n) is 3.94. The fraction of sp³-hybridized carbons (Fsp3) is 0.684. The van der Waals surface area contributed by atoms with Gasteiger partial charge in [-0.25, -0.2) is 0 Å². The van der Waals surface area contributed by atoms with Crippen molar-refractivity contribution in [1.29, 1.82) is 0 Å². The minimum absolute atomic E-state index is 0.0789. The fourth-order valence-corrected chi connectivity index (χ4v) is 2.28. The SMILES string of the molecule is CC(C)NCC(O)COC1C=CC=C(CCOCC2CC2)C=C1. The lowest BCUT2D eigenvalue weighted by Crippen LogP contribution is -2.35. The van der Waals surface area contributed by atoms with Crippen LogP contribution in [0.15, 0.2) is 36.0 Å². The highest BCUT2D eigenvalue weighted by atomic mass is 16.5. The van der Waals surface area contributed by atoms with Gasteiger partial charge in [-0.1, -0.05) is 44.2 Å². The highest BCUT2D eigenvalue weighted by molar-refractivity contribution is 5.29. The molecule has 0 spiro atoms. The molecule has 0 amide bonds. The van der Waals surface area contributed by atoms with Gasteiger partial charge >= 0.3 is 0 Å². The van der Waals surface area contributed by atoms with Crippen molar-refractivity contribution in [2.24, 2.45) is 5.92 Å². The molecule has 130 valence electrons. The number of aliphatic hydroxyl groups excluding tert-OH is 1. The van der Waals surface area contributed by atoms with Crippen molar-refractivity contribution in [3.8, 4) is 0 Å². The van der Waals surface area contributed by atoms with E-state index in [1.165, 1.54) is 18.4 Å². The summed E-state index contributed by atoms with van der Waals surface area (Å²) in [7, 11) is 0. The van der Waals surface area contributed by atoms with Crippen molar-refractivity contribution >= 4 is 0 Å². The Balaban J connectivity index is 1.61. The van der Waals surface area contributed by atoms with Gasteiger partial charge in [0.25, 0.3) is 0 Å². The molecule has 4 heteroatoms. The minimum atomic E-state index is -0.481. The lowest BCUT2D eigenvalue weighted by molar-refractivity contribution is 0.0256. The van der Waals surface area contributed by atoms with Gasteiger partial charge in [-0.05, 0) is 30.8 Å². The Hall–Kier alpha value is -0.940. The summed E-state index contributed by atoms with van der Waals surface area (Å²) in [5.74, 6) is 0.822. The molecule has 0 saturated heterocycles. The Bertz CT molecular complexity index is 424. The highest BCUT2D eigenvalue weighted by Crippen LogP contribution is 2.28. The van der Waals surface area contributed by atoms with Gasteiger partial charge in [0.05, 0.1) is 25.4 Å². The standard InChI is InChI=1S/C19H31NO3/c1-15(2)20-12-18(21)14-23-19-5-3-4-16(8-9-19)10-11-22-13-17-6-7-17/h3-5,8-9,15,17-21H,6-7,10-14H2,1-2H3. The second-order valence-electron chi connectivity index (χ2n) is 6.77. The molecule has 1 fully saturated rings. The average molecular weight is 321 g/mol. The van der Waals surface area contributed by atoms with Gasteiger partial charge in [0, 0.05) is 19.2 Å². The first-order chi connectivity index (χ1) is 11.1. The molecule has 0 aromatic carbocycles. The molecule has 2 aliphatic rings. The van der Waals surface area contributed by atoms with Crippen molar-refractivity contribution in [3.05, 3.63) is 36.0 Å². The normalized spacial score (nSPS) is 22.3. The van der Waals surface area contributed by atoms with Crippen LogP contribution in [0.4, 0.5) is 0 Å². The first-order valence-corrected chi connectivity index (χ1v) is 8.80.